The third-order valence-corrected chi connectivity index (χ3v) is 5.32. The minimum absolute atomic E-state index is 0.0825. The molecule has 0 heterocycles. The zero-order chi connectivity index (χ0) is 15.5. The van der Waals surface area contributed by atoms with Gasteiger partial charge >= 0.3 is 0 Å². The van der Waals surface area contributed by atoms with E-state index in [0.29, 0.717) is 5.56 Å². The van der Waals surface area contributed by atoms with Gasteiger partial charge in [-0.15, -0.1) is 0 Å². The average molecular weight is 296 g/mol. The lowest BCUT2D eigenvalue weighted by Crippen LogP contribution is -2.23. The van der Waals surface area contributed by atoms with Crippen molar-refractivity contribution in [3.63, 3.8) is 0 Å². The van der Waals surface area contributed by atoms with E-state index in [1.165, 1.54) is 0 Å². The van der Waals surface area contributed by atoms with E-state index in [0.717, 1.165) is 23.1 Å². The second kappa shape index (κ2) is 6.53. The number of benzene rings is 1. The van der Waals surface area contributed by atoms with Crippen LogP contribution in [0.4, 0.5) is 0 Å². The van der Waals surface area contributed by atoms with Crippen LogP contribution < -0.4 is 0 Å². The molecule has 20 heavy (non-hydrogen) atoms. The topological polar surface area (TPSA) is 51.2 Å². The molecular weight excluding hydrogens is 272 g/mol. The maximum Gasteiger partial charge on any atom is 0.178 e. The van der Waals surface area contributed by atoms with E-state index in [1.54, 1.807) is 0 Å². The summed E-state index contributed by atoms with van der Waals surface area (Å²) in [5.41, 5.74) is 3.35. The summed E-state index contributed by atoms with van der Waals surface area (Å²) in [5, 5.41) is 0. The van der Waals surface area contributed by atoms with Crippen molar-refractivity contribution in [2.45, 2.75) is 41.0 Å². The highest BCUT2D eigenvalue weighted by molar-refractivity contribution is 7.92. The summed E-state index contributed by atoms with van der Waals surface area (Å²) >= 11 is 0. The SMILES string of the molecule is CCC(C)CS(=O)(=O)CC(=O)c1c(C)cc(C)cc1C. The van der Waals surface area contributed by atoms with Crippen LogP contribution in [-0.4, -0.2) is 25.7 Å². The fourth-order valence-corrected chi connectivity index (χ4v) is 4.27. The lowest BCUT2D eigenvalue weighted by Gasteiger charge is -2.12. The van der Waals surface area contributed by atoms with Crippen molar-refractivity contribution >= 4 is 15.6 Å². The minimum atomic E-state index is -3.33. The van der Waals surface area contributed by atoms with Gasteiger partial charge in [0.2, 0.25) is 0 Å². The Morgan fingerprint density at radius 3 is 2.10 bits per heavy atom. The van der Waals surface area contributed by atoms with E-state index in [1.807, 2.05) is 46.8 Å². The number of carbonyl (C=O) groups excluding carboxylic acids is 1. The van der Waals surface area contributed by atoms with Gasteiger partial charge in [-0.05, 0) is 37.8 Å². The summed E-state index contributed by atoms with van der Waals surface area (Å²) in [6.07, 6.45) is 0.802. The predicted octanol–water partition coefficient (Wildman–Crippen LogP) is 3.26. The molecule has 1 unspecified atom stereocenters. The van der Waals surface area contributed by atoms with Crippen LogP contribution in [0, 0.1) is 26.7 Å². The second-order valence-corrected chi connectivity index (χ2v) is 7.87. The highest BCUT2D eigenvalue weighted by Gasteiger charge is 2.22. The largest absolute Gasteiger partial charge is 0.293 e. The van der Waals surface area contributed by atoms with Gasteiger partial charge in [-0.1, -0.05) is 38.0 Å². The van der Waals surface area contributed by atoms with E-state index < -0.39 is 9.84 Å². The quantitative estimate of drug-likeness (QED) is 0.757. The van der Waals surface area contributed by atoms with Crippen molar-refractivity contribution in [2.75, 3.05) is 11.5 Å². The summed E-state index contributed by atoms with van der Waals surface area (Å²) in [6, 6.07) is 3.84. The van der Waals surface area contributed by atoms with Crippen LogP contribution >= 0.6 is 0 Å². The van der Waals surface area contributed by atoms with Gasteiger partial charge < -0.3 is 0 Å². The highest BCUT2D eigenvalue weighted by atomic mass is 32.2. The lowest BCUT2D eigenvalue weighted by molar-refractivity contribution is 0.101. The van der Waals surface area contributed by atoms with E-state index in [9.17, 15) is 13.2 Å². The van der Waals surface area contributed by atoms with Crippen LogP contribution in [0.15, 0.2) is 12.1 Å². The predicted molar refractivity (Wildman–Crippen MR) is 83.1 cm³/mol. The molecular formula is C16H24O3S. The van der Waals surface area contributed by atoms with Crippen LogP contribution in [0.3, 0.4) is 0 Å². The van der Waals surface area contributed by atoms with Crippen LogP contribution in [0.2, 0.25) is 0 Å². The van der Waals surface area contributed by atoms with E-state index in [-0.39, 0.29) is 23.2 Å². The Morgan fingerprint density at radius 2 is 1.65 bits per heavy atom. The molecule has 0 saturated heterocycles. The molecule has 0 aromatic heterocycles. The molecule has 4 heteroatoms. The first-order valence-corrected chi connectivity index (χ1v) is 8.80. The van der Waals surface area contributed by atoms with Crippen LogP contribution in [0.5, 0.6) is 0 Å². The zero-order valence-electron chi connectivity index (χ0n) is 13.0. The van der Waals surface area contributed by atoms with Gasteiger partial charge in [-0.25, -0.2) is 8.42 Å². The van der Waals surface area contributed by atoms with Gasteiger partial charge in [-0.2, -0.15) is 0 Å². The fourth-order valence-electron chi connectivity index (χ4n) is 2.50. The molecule has 0 N–H and O–H groups in total. The number of ketones is 1. The summed E-state index contributed by atoms with van der Waals surface area (Å²) in [4.78, 5) is 12.3. The molecule has 0 aliphatic heterocycles. The Morgan fingerprint density at radius 1 is 1.15 bits per heavy atom. The van der Waals surface area contributed by atoms with Crippen molar-refractivity contribution in [3.8, 4) is 0 Å². The highest BCUT2D eigenvalue weighted by Crippen LogP contribution is 2.18. The van der Waals surface area contributed by atoms with Gasteiger partial charge in [0.1, 0.15) is 5.75 Å². The smallest absolute Gasteiger partial charge is 0.178 e. The molecule has 3 nitrogen and oxygen atoms in total. The van der Waals surface area contributed by atoms with Crippen LogP contribution in [0.1, 0.15) is 47.3 Å². The number of hydrogen-bond acceptors (Lipinski definition) is 3. The molecule has 0 fully saturated rings. The number of rotatable bonds is 6. The molecule has 0 bridgehead atoms. The number of aryl methyl sites for hydroxylation is 3. The molecule has 1 aromatic carbocycles. The Hall–Kier alpha value is -1.16. The number of sulfone groups is 1. The molecule has 112 valence electrons. The molecule has 1 rings (SSSR count). The van der Waals surface area contributed by atoms with Gasteiger partial charge in [0, 0.05) is 5.56 Å². The van der Waals surface area contributed by atoms with Gasteiger partial charge in [-0.3, -0.25) is 4.79 Å². The van der Waals surface area contributed by atoms with Crippen molar-refractivity contribution < 1.29 is 13.2 Å². The molecule has 0 aliphatic rings. The molecule has 0 radical (unpaired) electrons. The van der Waals surface area contributed by atoms with Gasteiger partial charge in [0.25, 0.3) is 0 Å². The Labute approximate surface area is 122 Å². The molecule has 1 aromatic rings. The Balaban J connectivity index is 2.98. The molecule has 1 atom stereocenters. The maximum atomic E-state index is 12.3. The molecule has 0 spiro atoms. The average Bonchev–Trinajstić information content (AvgIpc) is 2.25. The Kier molecular flexibility index (Phi) is 5.51. The first-order chi connectivity index (χ1) is 9.16. The summed E-state index contributed by atoms with van der Waals surface area (Å²) in [7, 11) is -3.33. The summed E-state index contributed by atoms with van der Waals surface area (Å²) < 4.78 is 24.1. The summed E-state index contributed by atoms with van der Waals surface area (Å²) in [5.74, 6) is -0.502. The van der Waals surface area contributed by atoms with E-state index in [2.05, 4.69) is 0 Å². The monoisotopic (exact) mass is 296 g/mol. The van der Waals surface area contributed by atoms with Crippen molar-refractivity contribution in [2.24, 2.45) is 5.92 Å². The molecule has 0 amide bonds. The van der Waals surface area contributed by atoms with Crippen LogP contribution in [-0.2, 0) is 9.84 Å². The zero-order valence-corrected chi connectivity index (χ0v) is 13.8. The van der Waals surface area contributed by atoms with E-state index in [4.69, 9.17) is 0 Å². The Bertz CT molecular complexity index is 577. The normalized spacial score (nSPS) is 13.2. The number of Topliss-reactive ketones (excluding diaryl/α,β-unsaturated/α-hetero) is 1. The van der Waals surface area contributed by atoms with Crippen molar-refractivity contribution in [1.29, 1.82) is 0 Å². The fraction of sp³-hybridized carbons (Fsp3) is 0.562. The van der Waals surface area contributed by atoms with Gasteiger partial charge in [0.15, 0.2) is 15.6 Å². The molecule has 0 aliphatic carbocycles. The van der Waals surface area contributed by atoms with Gasteiger partial charge in [0.05, 0.1) is 5.75 Å². The number of carbonyl (C=O) groups is 1. The van der Waals surface area contributed by atoms with Crippen molar-refractivity contribution in [1.82, 2.24) is 0 Å². The third-order valence-electron chi connectivity index (χ3n) is 3.54. The third kappa shape index (κ3) is 4.44. The lowest BCUT2D eigenvalue weighted by atomic mass is 9.97. The van der Waals surface area contributed by atoms with Crippen LogP contribution in [0.25, 0.3) is 0 Å². The minimum Gasteiger partial charge on any atom is -0.293 e. The van der Waals surface area contributed by atoms with Crippen molar-refractivity contribution in [3.05, 3.63) is 34.4 Å². The number of hydrogen-bond donors (Lipinski definition) is 0. The first-order valence-electron chi connectivity index (χ1n) is 6.97. The molecule has 0 saturated carbocycles. The standard InChI is InChI=1S/C16H24O3S/c1-6-11(2)9-20(18,19)10-15(17)16-13(4)7-12(3)8-14(16)5/h7-8,11H,6,9-10H2,1-5H3. The van der Waals surface area contributed by atoms with E-state index >= 15 is 0 Å². The first kappa shape index (κ1) is 16.9. The second-order valence-electron chi connectivity index (χ2n) is 5.76. The summed E-state index contributed by atoms with van der Waals surface area (Å²) in [6.45, 7) is 9.53. The maximum absolute atomic E-state index is 12.3.